The van der Waals surface area contributed by atoms with Gasteiger partial charge in [0.05, 0.1) is 14.2 Å². The summed E-state index contributed by atoms with van der Waals surface area (Å²) in [6.45, 7) is 2.39. The number of halogens is 1. The summed E-state index contributed by atoms with van der Waals surface area (Å²) in [6, 6.07) is 10.0. The van der Waals surface area contributed by atoms with Crippen LogP contribution in [0.15, 0.2) is 42.5 Å². The third-order valence-corrected chi connectivity index (χ3v) is 4.65. The lowest BCUT2D eigenvalue weighted by molar-refractivity contribution is -0.124. The fourth-order valence-corrected chi connectivity index (χ4v) is 3.12. The zero-order valence-corrected chi connectivity index (χ0v) is 15.4. The Morgan fingerprint density at radius 3 is 2.19 bits per heavy atom. The molecule has 0 bridgehead atoms. The predicted octanol–water partition coefficient (Wildman–Crippen LogP) is 2.72. The van der Waals surface area contributed by atoms with Gasteiger partial charge in [-0.1, -0.05) is 0 Å². The Kier molecular flexibility index (Phi) is 5.30. The topological polar surface area (TPSA) is 59.1 Å². The first-order valence-corrected chi connectivity index (χ1v) is 8.55. The normalized spacial score (nSPS) is 17.0. The molecule has 0 spiro atoms. The molecule has 142 valence electrons. The molecule has 7 heteroatoms. The van der Waals surface area contributed by atoms with Crippen molar-refractivity contribution in [2.24, 2.45) is 0 Å². The van der Waals surface area contributed by atoms with E-state index in [0.29, 0.717) is 35.8 Å². The Morgan fingerprint density at radius 1 is 1.04 bits per heavy atom. The standard InChI is InChI=1S/C20H21FN2O4/c1-13-19(24)23(16-6-4-15(21)5-7-16)9-8-22(13)20(25)14-10-17(26-2)12-18(11-14)27-3/h4-7,10-13H,8-9H2,1-3H3/t13-/m0/s1. The van der Waals surface area contributed by atoms with Crippen molar-refractivity contribution in [3.63, 3.8) is 0 Å². The van der Waals surface area contributed by atoms with E-state index >= 15 is 0 Å². The highest BCUT2D eigenvalue weighted by atomic mass is 19.1. The second-order valence-corrected chi connectivity index (χ2v) is 6.24. The summed E-state index contributed by atoms with van der Waals surface area (Å²) < 4.78 is 23.6. The van der Waals surface area contributed by atoms with Crippen molar-refractivity contribution in [2.45, 2.75) is 13.0 Å². The molecule has 0 saturated carbocycles. The van der Waals surface area contributed by atoms with E-state index in [-0.39, 0.29) is 17.6 Å². The number of piperazine rings is 1. The zero-order chi connectivity index (χ0) is 19.6. The van der Waals surface area contributed by atoms with Gasteiger partial charge < -0.3 is 19.3 Å². The average Bonchev–Trinajstić information content (AvgIpc) is 2.70. The lowest BCUT2D eigenvalue weighted by atomic mass is 10.1. The molecule has 0 aliphatic carbocycles. The van der Waals surface area contributed by atoms with Crippen molar-refractivity contribution in [3.8, 4) is 11.5 Å². The Balaban J connectivity index is 1.82. The molecule has 3 rings (SSSR count). The van der Waals surface area contributed by atoms with E-state index in [1.54, 1.807) is 42.2 Å². The van der Waals surface area contributed by atoms with Gasteiger partial charge in [0, 0.05) is 30.4 Å². The molecule has 0 aromatic heterocycles. The lowest BCUT2D eigenvalue weighted by Crippen LogP contribution is -2.57. The molecule has 2 amide bonds. The van der Waals surface area contributed by atoms with Gasteiger partial charge in [-0.3, -0.25) is 9.59 Å². The van der Waals surface area contributed by atoms with Crippen LogP contribution in [0.5, 0.6) is 11.5 Å². The summed E-state index contributed by atoms with van der Waals surface area (Å²) in [5.41, 5.74) is 1.00. The summed E-state index contributed by atoms with van der Waals surface area (Å²) in [6.07, 6.45) is 0. The number of ether oxygens (including phenoxy) is 2. The van der Waals surface area contributed by atoms with Crippen molar-refractivity contribution < 1.29 is 23.5 Å². The minimum Gasteiger partial charge on any atom is -0.497 e. The number of nitrogens with zero attached hydrogens (tertiary/aromatic N) is 2. The van der Waals surface area contributed by atoms with Crippen LogP contribution in [0.2, 0.25) is 0 Å². The van der Waals surface area contributed by atoms with Gasteiger partial charge in [-0.2, -0.15) is 0 Å². The molecule has 1 saturated heterocycles. The van der Waals surface area contributed by atoms with E-state index in [1.165, 1.54) is 31.3 Å². The number of rotatable bonds is 4. The molecule has 0 radical (unpaired) electrons. The zero-order valence-electron chi connectivity index (χ0n) is 15.4. The van der Waals surface area contributed by atoms with Crippen molar-refractivity contribution in [2.75, 3.05) is 32.2 Å². The van der Waals surface area contributed by atoms with Crippen LogP contribution in [0, 0.1) is 5.82 Å². The van der Waals surface area contributed by atoms with Gasteiger partial charge in [-0.05, 0) is 43.3 Å². The first kappa shape index (κ1) is 18.7. The summed E-state index contributed by atoms with van der Waals surface area (Å²) in [5, 5.41) is 0. The van der Waals surface area contributed by atoms with Gasteiger partial charge in [0.15, 0.2) is 0 Å². The second-order valence-electron chi connectivity index (χ2n) is 6.24. The SMILES string of the molecule is COc1cc(OC)cc(C(=O)N2CCN(c3ccc(F)cc3)C(=O)[C@@H]2C)c1. The number of anilines is 1. The van der Waals surface area contributed by atoms with Gasteiger partial charge in [-0.25, -0.2) is 4.39 Å². The third-order valence-electron chi connectivity index (χ3n) is 4.65. The van der Waals surface area contributed by atoms with Crippen LogP contribution in [0.3, 0.4) is 0 Å². The molecule has 0 N–H and O–H groups in total. The number of methoxy groups -OCH3 is 2. The molecule has 1 aliphatic rings. The highest BCUT2D eigenvalue weighted by Crippen LogP contribution is 2.26. The predicted molar refractivity (Wildman–Crippen MR) is 98.8 cm³/mol. The molecule has 6 nitrogen and oxygen atoms in total. The Hall–Kier alpha value is -3.09. The van der Waals surface area contributed by atoms with Crippen molar-refractivity contribution >= 4 is 17.5 Å². The van der Waals surface area contributed by atoms with E-state index in [9.17, 15) is 14.0 Å². The summed E-state index contributed by atoms with van der Waals surface area (Å²) in [7, 11) is 3.02. The van der Waals surface area contributed by atoms with E-state index < -0.39 is 6.04 Å². The highest BCUT2D eigenvalue weighted by Gasteiger charge is 2.35. The maximum atomic E-state index is 13.1. The molecule has 2 aromatic carbocycles. The fourth-order valence-electron chi connectivity index (χ4n) is 3.12. The summed E-state index contributed by atoms with van der Waals surface area (Å²) >= 11 is 0. The monoisotopic (exact) mass is 372 g/mol. The van der Waals surface area contributed by atoms with Crippen LogP contribution in [0.4, 0.5) is 10.1 Å². The highest BCUT2D eigenvalue weighted by molar-refractivity contribution is 6.03. The molecule has 1 aliphatic heterocycles. The van der Waals surface area contributed by atoms with Crippen LogP contribution in [0.25, 0.3) is 0 Å². The van der Waals surface area contributed by atoms with Crippen LogP contribution < -0.4 is 14.4 Å². The molecule has 0 unspecified atom stereocenters. The molecule has 1 heterocycles. The summed E-state index contributed by atoms with van der Waals surface area (Å²) in [4.78, 5) is 28.9. The Morgan fingerprint density at radius 2 is 1.63 bits per heavy atom. The number of amides is 2. The number of hydrogen-bond donors (Lipinski definition) is 0. The van der Waals surface area contributed by atoms with Gasteiger partial charge >= 0.3 is 0 Å². The van der Waals surface area contributed by atoms with Crippen molar-refractivity contribution in [1.82, 2.24) is 4.90 Å². The molecule has 2 aromatic rings. The van der Waals surface area contributed by atoms with Crippen LogP contribution in [-0.2, 0) is 4.79 Å². The quantitative estimate of drug-likeness (QED) is 0.828. The van der Waals surface area contributed by atoms with E-state index in [2.05, 4.69) is 0 Å². The number of carbonyl (C=O) groups excluding carboxylic acids is 2. The van der Waals surface area contributed by atoms with Gasteiger partial charge in [0.2, 0.25) is 5.91 Å². The molecule has 1 fully saturated rings. The van der Waals surface area contributed by atoms with Crippen LogP contribution in [0.1, 0.15) is 17.3 Å². The maximum Gasteiger partial charge on any atom is 0.254 e. The van der Waals surface area contributed by atoms with Crippen LogP contribution >= 0.6 is 0 Å². The minimum absolute atomic E-state index is 0.212. The minimum atomic E-state index is -0.645. The van der Waals surface area contributed by atoms with E-state index in [1.807, 2.05) is 0 Å². The average molecular weight is 372 g/mol. The summed E-state index contributed by atoms with van der Waals surface area (Å²) in [5.74, 6) is 0.158. The second kappa shape index (κ2) is 7.65. The van der Waals surface area contributed by atoms with Crippen molar-refractivity contribution in [3.05, 3.63) is 53.8 Å². The first-order chi connectivity index (χ1) is 12.9. The largest absolute Gasteiger partial charge is 0.497 e. The number of carbonyl (C=O) groups is 2. The van der Waals surface area contributed by atoms with Crippen molar-refractivity contribution in [1.29, 1.82) is 0 Å². The van der Waals surface area contributed by atoms with Gasteiger partial charge in [0.25, 0.3) is 5.91 Å². The first-order valence-electron chi connectivity index (χ1n) is 8.55. The number of benzene rings is 2. The number of hydrogen-bond acceptors (Lipinski definition) is 4. The Labute approximate surface area is 157 Å². The molecular formula is C20H21FN2O4. The maximum absolute atomic E-state index is 13.1. The van der Waals surface area contributed by atoms with Crippen LogP contribution in [-0.4, -0.2) is 50.1 Å². The van der Waals surface area contributed by atoms with Gasteiger partial charge in [0.1, 0.15) is 23.4 Å². The fraction of sp³-hybridized carbons (Fsp3) is 0.300. The Bertz CT molecular complexity index is 831. The van der Waals surface area contributed by atoms with E-state index in [0.717, 1.165) is 0 Å². The van der Waals surface area contributed by atoms with E-state index in [4.69, 9.17) is 9.47 Å². The lowest BCUT2D eigenvalue weighted by Gasteiger charge is -2.39. The molecule has 27 heavy (non-hydrogen) atoms. The smallest absolute Gasteiger partial charge is 0.254 e. The van der Waals surface area contributed by atoms with Gasteiger partial charge in [-0.15, -0.1) is 0 Å². The third kappa shape index (κ3) is 3.72. The molecule has 1 atom stereocenters. The molecular weight excluding hydrogens is 351 g/mol.